The Morgan fingerprint density at radius 2 is 0.616 bits per heavy atom. The molecule has 0 aromatic rings. The Balaban J connectivity index is 0.964. The van der Waals surface area contributed by atoms with Gasteiger partial charge in [0.05, 0.1) is 70.6 Å². The van der Waals surface area contributed by atoms with Crippen LogP contribution in [0, 0.1) is 0 Å². The molecule has 138 heavy (non-hydrogen) atoms. The summed E-state index contributed by atoms with van der Waals surface area (Å²) in [5.74, 6) is -2.29. The Morgan fingerprint density at radius 3 is 1.06 bits per heavy atom. The number of aliphatic hydroxyl groups is 22. The fraction of sp³-hybridized carbons (Fsp3) is 0.926. The Kier molecular flexibility index (Phi) is 54.2. The molecule has 8 fully saturated rings. The summed E-state index contributed by atoms with van der Waals surface area (Å²) in [4.78, 5) is 40.6. The maximum absolute atomic E-state index is 13.7. The lowest BCUT2D eigenvalue weighted by Crippen LogP contribution is -2.72. The quantitative estimate of drug-likeness (QED) is 0.0219. The number of hydrogen-bond acceptors (Lipinski definition) is 41. The van der Waals surface area contributed by atoms with E-state index in [-0.39, 0.29) is 12.3 Å². The van der Waals surface area contributed by atoms with E-state index in [0.717, 1.165) is 78.1 Å². The minimum atomic E-state index is -2.46. The predicted octanol–water partition coefficient (Wildman–Crippen LogP) is -2.60. The molecular weight excluding hydrogens is 1830 g/mol. The first-order chi connectivity index (χ1) is 66.2. The van der Waals surface area contributed by atoms with E-state index in [4.69, 9.17) is 75.8 Å². The Morgan fingerprint density at radius 1 is 0.297 bits per heavy atom. The van der Waals surface area contributed by atoms with Crippen LogP contribution in [0.5, 0.6) is 0 Å². The number of rotatable bonds is 61. The van der Waals surface area contributed by atoms with Crippen LogP contribution >= 0.6 is 0 Å². The van der Waals surface area contributed by atoms with E-state index in [2.05, 4.69) is 41.9 Å². The monoisotopic (exact) mass is 1990 g/mol. The second-order valence-electron chi connectivity index (χ2n) is 38.0. The molecule has 0 saturated carbocycles. The summed E-state index contributed by atoms with van der Waals surface area (Å²) in [6.45, 7) is 1.85. The molecule has 8 saturated heterocycles. The average Bonchev–Trinajstić information content (AvgIpc) is 0.742. The summed E-state index contributed by atoms with van der Waals surface area (Å²) >= 11 is 0. The maximum Gasteiger partial charge on any atom is 0.220 e. The highest BCUT2D eigenvalue weighted by Crippen LogP contribution is 2.41. The summed E-state index contributed by atoms with van der Waals surface area (Å²) in [7, 11) is 0. The van der Waals surface area contributed by atoms with Gasteiger partial charge in [-0.15, -0.1) is 0 Å². The van der Waals surface area contributed by atoms with E-state index in [9.17, 15) is 127 Å². The van der Waals surface area contributed by atoms with Crippen LogP contribution in [0.15, 0.2) is 24.3 Å². The highest BCUT2D eigenvalue weighted by molar-refractivity contribution is 5.76. The number of ether oxygens (including phenoxy) is 16. The van der Waals surface area contributed by atoms with Gasteiger partial charge in [-0.05, 0) is 58.8 Å². The number of unbranched alkanes of at least 4 members (excludes halogenated alkanes) is 28. The normalized spacial score (nSPS) is 39.2. The summed E-state index contributed by atoms with van der Waals surface area (Å²) in [6.07, 6.45) is -33.7. The smallest absolute Gasteiger partial charge is 0.220 e. The molecule has 8 heterocycles. The molecule has 0 aliphatic carbocycles. The third-order valence-corrected chi connectivity index (χ3v) is 27.0. The van der Waals surface area contributed by atoms with Crippen molar-refractivity contribution in [2.75, 3.05) is 46.2 Å². The van der Waals surface area contributed by atoms with Crippen molar-refractivity contribution in [1.82, 2.24) is 16.0 Å². The number of carbonyl (C=O) groups excluding carboxylic acids is 3. The molecule has 0 aromatic carbocycles. The van der Waals surface area contributed by atoms with E-state index in [1.54, 1.807) is 6.08 Å². The van der Waals surface area contributed by atoms with Crippen LogP contribution < -0.4 is 16.0 Å². The number of nitrogens with one attached hydrogen (secondary N) is 3. The molecule has 44 nitrogen and oxygen atoms in total. The predicted molar refractivity (Wildman–Crippen MR) is 484 cm³/mol. The van der Waals surface area contributed by atoms with E-state index < -0.39 is 316 Å². The molecule has 16 unspecified atom stereocenters. The van der Waals surface area contributed by atoms with Crippen LogP contribution in [-0.2, 0) is 90.2 Å². The van der Waals surface area contributed by atoms with Gasteiger partial charge in [0.1, 0.15) is 183 Å². The minimum Gasteiger partial charge on any atom is -0.394 e. The van der Waals surface area contributed by atoms with E-state index in [1.165, 1.54) is 136 Å². The number of hydrogen-bond donors (Lipinski definition) is 25. The standard InChI is InChI=1S/C94H167N3O41/c1-7-9-11-13-15-17-19-21-22-23-24-25-26-27-28-30-32-34-36-38-40-42-62(107)97-54(55(106)41-39-37-35-33-31-29-20-18-16-14-12-10-8-2)49-123-89-77(120)74(117)81(60(47-102)131-89)132-92-78(121)85(69(112)57(44-99)126-92)137-88-64(96-53(6)105)83(82(61(48-103)130-88)134-90-75(118)71(114)65(108)50(3)124-90)135-93-79(122)84(68(111)58(45-100)127-93)136-87-63(95-52(5)104)70(113)80(59(46-101)129-87)133-94-86(73(116)67(110)56(43-98)128-94)138-91-76(119)72(115)66(109)51(4)125-91/h21-22,39,41,50-51,54-61,63-94,98-103,106,108-122H,7-20,23-38,40,42-49H2,1-6H3,(H,95,104)(H,96,105)(H,97,107)/b22-21-,41-39+/t50?,51?,54-,55+,56?,57?,58?,59?,60?,61?,63?,64?,65+,66+,67-,68-,69-,70+,71?,72?,73-,74+,75-,76-,77?,78?,79?,80+,81+,82+,83+,84-,85-,86?,87-,88-,89+,90+,91+,92-,93-,94-/m0/s1. The molecule has 0 aromatic heterocycles. The molecule has 0 spiro atoms. The van der Waals surface area contributed by atoms with Gasteiger partial charge in [0.2, 0.25) is 17.7 Å². The van der Waals surface area contributed by atoms with Crippen molar-refractivity contribution in [3.8, 4) is 0 Å². The Hall–Kier alpha value is -3.63. The SMILES string of the molecule is CCCCCCCC/C=C\CCCCCCCCCCCCCC(=O)N[C@@H](CO[C@@H]1OC(CO)[C@@H](O[C@@H]2OC(CO)[C@H](O)[C@H](O[C@@H]3OC(CO)[C@@H](O[C@H]4OC(C)[C@@H](O)C(O)[C@@H]4O)[C@H](O[C@@H]4OC(CO)[C@H](O)[C@H](O[C@@H]5OC(CO)[C@@H](O[C@@H]6OC(CO)[C@H](O)[C@H](O)C6O[C@H]6OC(C)[C@@H](O)C(O)[C@@H]6O)[C@H](O)C5NC(C)=O)C4O)C3NC(C)=O)C2O)[C@H](O)C1O)[C@H](O)/C=C/CCCCCCCCCCCCC. The van der Waals surface area contributed by atoms with Gasteiger partial charge in [-0.1, -0.05) is 192 Å². The highest BCUT2D eigenvalue weighted by atomic mass is 16.8. The fourth-order valence-electron chi connectivity index (χ4n) is 18.7. The number of amides is 3. The second-order valence-corrected chi connectivity index (χ2v) is 38.0. The lowest BCUT2D eigenvalue weighted by atomic mass is 9.93. The first-order valence-electron chi connectivity index (χ1n) is 50.4. The van der Waals surface area contributed by atoms with Crippen molar-refractivity contribution >= 4 is 17.7 Å². The maximum atomic E-state index is 13.7. The zero-order valence-electron chi connectivity index (χ0n) is 80.7. The summed E-state index contributed by atoms with van der Waals surface area (Å²) in [5, 5.41) is 258. The minimum absolute atomic E-state index is 0.136. The van der Waals surface area contributed by atoms with Crippen molar-refractivity contribution in [1.29, 1.82) is 0 Å². The van der Waals surface area contributed by atoms with Crippen molar-refractivity contribution < 1.29 is 203 Å². The molecule has 0 radical (unpaired) electrons. The van der Waals surface area contributed by atoms with Crippen LogP contribution in [0.1, 0.15) is 247 Å². The topological polar surface area (TPSA) is 680 Å². The van der Waals surface area contributed by atoms with Crippen molar-refractivity contribution in [2.45, 2.75) is 505 Å². The zero-order valence-corrected chi connectivity index (χ0v) is 80.7. The molecule has 804 valence electrons. The van der Waals surface area contributed by atoms with Gasteiger partial charge in [-0.3, -0.25) is 14.4 Å². The third-order valence-electron chi connectivity index (χ3n) is 27.0. The van der Waals surface area contributed by atoms with Crippen LogP contribution in [-0.4, -0.2) is 434 Å². The molecular formula is C94H167N3O41. The van der Waals surface area contributed by atoms with Gasteiger partial charge < -0.3 is 204 Å². The van der Waals surface area contributed by atoms with Crippen LogP contribution in [0.4, 0.5) is 0 Å². The average molecular weight is 2000 g/mol. The molecule has 0 bridgehead atoms. The van der Waals surface area contributed by atoms with E-state index >= 15 is 0 Å². The van der Waals surface area contributed by atoms with Gasteiger partial charge >= 0.3 is 0 Å². The molecule has 25 N–H and O–H groups in total. The summed E-state index contributed by atoms with van der Waals surface area (Å²) < 4.78 is 97.0. The Bertz CT molecular complexity index is 3400. The van der Waals surface area contributed by atoms with E-state index in [0.29, 0.717) is 12.8 Å². The molecule has 8 rings (SSSR count). The first kappa shape index (κ1) is 120. The van der Waals surface area contributed by atoms with E-state index in [1.807, 2.05) is 6.08 Å². The number of allylic oxidation sites excluding steroid dienone is 3. The molecule has 42 atom stereocenters. The van der Waals surface area contributed by atoms with Crippen LogP contribution in [0.2, 0.25) is 0 Å². The molecule has 8 aliphatic rings. The van der Waals surface area contributed by atoms with Crippen LogP contribution in [0.25, 0.3) is 0 Å². The summed E-state index contributed by atoms with van der Waals surface area (Å²) in [5.41, 5.74) is 0. The molecule has 44 heteroatoms. The van der Waals surface area contributed by atoms with Gasteiger partial charge in [-0.25, -0.2) is 0 Å². The van der Waals surface area contributed by atoms with Crippen molar-refractivity contribution in [2.24, 2.45) is 0 Å². The molecule has 3 amide bonds. The highest BCUT2D eigenvalue weighted by Gasteiger charge is 2.61. The van der Waals surface area contributed by atoms with Gasteiger partial charge in [0, 0.05) is 20.3 Å². The fourth-order valence-corrected chi connectivity index (χ4v) is 18.7. The number of carbonyl (C=O) groups is 3. The van der Waals surface area contributed by atoms with Crippen molar-refractivity contribution in [3.63, 3.8) is 0 Å². The van der Waals surface area contributed by atoms with Gasteiger partial charge in [-0.2, -0.15) is 0 Å². The van der Waals surface area contributed by atoms with Crippen molar-refractivity contribution in [3.05, 3.63) is 24.3 Å². The lowest BCUT2D eigenvalue weighted by Gasteiger charge is -2.52. The largest absolute Gasteiger partial charge is 0.394 e. The third kappa shape index (κ3) is 35.0. The van der Waals surface area contributed by atoms with Gasteiger partial charge in [0.25, 0.3) is 0 Å². The molecule has 8 aliphatic heterocycles. The lowest BCUT2D eigenvalue weighted by molar-refractivity contribution is -0.398. The second kappa shape index (κ2) is 62.5. The number of aliphatic hydroxyl groups excluding tert-OH is 22. The first-order valence-corrected chi connectivity index (χ1v) is 50.4. The summed E-state index contributed by atoms with van der Waals surface area (Å²) in [6, 6.07) is -5.10. The Labute approximate surface area is 808 Å². The zero-order chi connectivity index (χ0) is 101. The van der Waals surface area contributed by atoms with Crippen LogP contribution in [0.3, 0.4) is 0 Å². The van der Waals surface area contributed by atoms with Gasteiger partial charge in [0.15, 0.2) is 50.3 Å².